The lowest BCUT2D eigenvalue weighted by molar-refractivity contribution is 0.303. The van der Waals surface area contributed by atoms with Crippen molar-refractivity contribution in [3.63, 3.8) is 0 Å². The van der Waals surface area contributed by atoms with Gasteiger partial charge in [-0.15, -0.1) is 11.3 Å². The molecular formula is C15H18FN3S2. The second kappa shape index (κ2) is 7.49. The van der Waals surface area contributed by atoms with Gasteiger partial charge in [-0.1, -0.05) is 6.07 Å². The van der Waals surface area contributed by atoms with Gasteiger partial charge in [0.25, 0.3) is 0 Å². The van der Waals surface area contributed by atoms with Gasteiger partial charge in [0, 0.05) is 17.1 Å². The molecule has 1 aromatic carbocycles. The maximum atomic E-state index is 12.8. The monoisotopic (exact) mass is 323 g/mol. The molecule has 0 fully saturated rings. The summed E-state index contributed by atoms with van der Waals surface area (Å²) in [6.45, 7) is 0.709. The van der Waals surface area contributed by atoms with E-state index < -0.39 is 0 Å². The molecule has 0 bridgehead atoms. The minimum absolute atomic E-state index is 0.259. The van der Waals surface area contributed by atoms with Gasteiger partial charge in [-0.25, -0.2) is 4.39 Å². The molecule has 2 aromatic rings. The van der Waals surface area contributed by atoms with Gasteiger partial charge in [-0.3, -0.25) is 0 Å². The van der Waals surface area contributed by atoms with Crippen LogP contribution in [0.2, 0.25) is 0 Å². The van der Waals surface area contributed by atoms with Crippen molar-refractivity contribution in [3.8, 4) is 0 Å². The van der Waals surface area contributed by atoms with Crippen molar-refractivity contribution >= 4 is 34.4 Å². The Labute approximate surface area is 133 Å². The predicted molar refractivity (Wildman–Crippen MR) is 91.4 cm³/mol. The number of hydrogen-bond donors (Lipinski definition) is 2. The summed E-state index contributed by atoms with van der Waals surface area (Å²) in [5.74, 6) is -0.259. The highest BCUT2D eigenvalue weighted by atomic mass is 32.1. The Morgan fingerprint density at radius 2 is 2.00 bits per heavy atom. The van der Waals surface area contributed by atoms with Crippen LogP contribution in [-0.4, -0.2) is 30.7 Å². The second-order valence-electron chi connectivity index (χ2n) is 4.84. The summed E-state index contributed by atoms with van der Waals surface area (Å²) in [5, 5.41) is 8.86. The van der Waals surface area contributed by atoms with E-state index in [1.807, 2.05) is 20.2 Å². The molecule has 112 valence electrons. The Hall–Kier alpha value is -1.50. The summed E-state index contributed by atoms with van der Waals surface area (Å²) in [6.07, 6.45) is 0. The van der Waals surface area contributed by atoms with Crippen LogP contribution in [0.1, 0.15) is 10.9 Å². The van der Waals surface area contributed by atoms with Crippen LogP contribution in [-0.2, 0) is 0 Å². The van der Waals surface area contributed by atoms with E-state index in [4.69, 9.17) is 12.2 Å². The van der Waals surface area contributed by atoms with Crippen molar-refractivity contribution in [1.82, 2.24) is 10.2 Å². The van der Waals surface area contributed by atoms with E-state index >= 15 is 0 Å². The zero-order valence-electron chi connectivity index (χ0n) is 12.0. The van der Waals surface area contributed by atoms with Gasteiger partial charge in [-0.2, -0.15) is 0 Å². The van der Waals surface area contributed by atoms with Crippen LogP contribution >= 0.6 is 23.6 Å². The Morgan fingerprint density at radius 3 is 2.57 bits per heavy atom. The third kappa shape index (κ3) is 4.77. The van der Waals surface area contributed by atoms with Crippen molar-refractivity contribution < 1.29 is 4.39 Å². The Morgan fingerprint density at radius 1 is 1.29 bits per heavy atom. The fourth-order valence-corrected chi connectivity index (χ4v) is 3.04. The minimum Gasteiger partial charge on any atom is -0.360 e. The smallest absolute Gasteiger partial charge is 0.170 e. The van der Waals surface area contributed by atoms with Crippen LogP contribution in [0.15, 0.2) is 41.8 Å². The molecule has 21 heavy (non-hydrogen) atoms. The molecule has 0 aliphatic carbocycles. The molecule has 1 aromatic heterocycles. The van der Waals surface area contributed by atoms with Gasteiger partial charge in [0.05, 0.1) is 6.04 Å². The number of nitrogens with zero attached hydrogens (tertiary/aromatic N) is 1. The van der Waals surface area contributed by atoms with Gasteiger partial charge < -0.3 is 15.5 Å². The molecule has 0 unspecified atom stereocenters. The van der Waals surface area contributed by atoms with Crippen molar-refractivity contribution in [3.05, 3.63) is 52.5 Å². The molecule has 0 amide bonds. The van der Waals surface area contributed by atoms with E-state index in [0.29, 0.717) is 11.7 Å². The number of hydrogen-bond acceptors (Lipinski definition) is 3. The van der Waals surface area contributed by atoms with Crippen LogP contribution in [0.25, 0.3) is 0 Å². The molecular weight excluding hydrogens is 305 g/mol. The Bertz CT molecular complexity index is 567. The second-order valence-corrected chi connectivity index (χ2v) is 6.22. The fraction of sp³-hybridized carbons (Fsp3) is 0.267. The third-order valence-electron chi connectivity index (χ3n) is 3.05. The fourth-order valence-electron chi connectivity index (χ4n) is 1.92. The number of rotatable bonds is 5. The summed E-state index contributed by atoms with van der Waals surface area (Å²) in [5.41, 5.74) is 0.770. The number of halogens is 1. The van der Waals surface area contributed by atoms with Crippen molar-refractivity contribution in [2.75, 3.05) is 26.0 Å². The molecule has 0 spiro atoms. The molecule has 1 heterocycles. The van der Waals surface area contributed by atoms with Crippen LogP contribution in [0.5, 0.6) is 0 Å². The molecule has 0 saturated heterocycles. The lowest BCUT2D eigenvalue weighted by Gasteiger charge is -2.24. The first-order valence-corrected chi connectivity index (χ1v) is 7.85. The molecule has 0 radical (unpaired) electrons. The molecule has 3 nitrogen and oxygen atoms in total. The minimum atomic E-state index is -0.259. The van der Waals surface area contributed by atoms with E-state index in [2.05, 4.69) is 27.0 Å². The van der Waals surface area contributed by atoms with Crippen LogP contribution in [0.3, 0.4) is 0 Å². The molecule has 2 N–H and O–H groups in total. The molecule has 0 saturated carbocycles. The van der Waals surface area contributed by atoms with Gasteiger partial charge in [-0.05, 0) is 62.0 Å². The Kier molecular flexibility index (Phi) is 5.67. The lowest BCUT2D eigenvalue weighted by atomic mass is 10.2. The molecule has 1 atom stereocenters. The van der Waals surface area contributed by atoms with Gasteiger partial charge in [0.1, 0.15) is 5.82 Å². The Balaban J connectivity index is 1.89. The van der Waals surface area contributed by atoms with Gasteiger partial charge >= 0.3 is 0 Å². The quantitative estimate of drug-likeness (QED) is 0.824. The van der Waals surface area contributed by atoms with Gasteiger partial charge in [0.2, 0.25) is 0 Å². The number of likely N-dealkylation sites (N-methyl/N-ethyl adjacent to an activating group) is 1. The highest BCUT2D eigenvalue weighted by Gasteiger charge is 2.15. The topological polar surface area (TPSA) is 27.3 Å². The average molecular weight is 323 g/mol. The number of nitrogens with one attached hydrogen (secondary N) is 2. The van der Waals surface area contributed by atoms with Crippen molar-refractivity contribution in [2.45, 2.75) is 6.04 Å². The first kappa shape index (κ1) is 15.9. The van der Waals surface area contributed by atoms with E-state index in [0.717, 1.165) is 5.69 Å². The standard InChI is InChI=1S/C15H18FN3S2/c1-19(2)13(14-4-3-9-21-14)10-17-15(20)18-12-7-5-11(16)6-8-12/h3-9,13H,10H2,1-2H3,(H2,17,18,20)/t13-/m0/s1. The normalized spacial score (nSPS) is 12.2. The SMILES string of the molecule is CN(C)[C@@H](CNC(=S)Nc1ccc(F)cc1)c1cccs1. The highest BCUT2D eigenvalue weighted by Crippen LogP contribution is 2.22. The summed E-state index contributed by atoms with van der Waals surface area (Å²) in [6, 6.07) is 10.5. The largest absolute Gasteiger partial charge is 0.360 e. The van der Waals surface area contributed by atoms with E-state index in [-0.39, 0.29) is 11.9 Å². The number of benzene rings is 1. The maximum absolute atomic E-state index is 12.8. The predicted octanol–water partition coefficient (Wildman–Crippen LogP) is 3.48. The third-order valence-corrected chi connectivity index (χ3v) is 4.27. The lowest BCUT2D eigenvalue weighted by Crippen LogP contribution is -2.36. The molecule has 6 heteroatoms. The van der Waals surface area contributed by atoms with Crippen LogP contribution in [0.4, 0.5) is 10.1 Å². The average Bonchev–Trinajstić information content (AvgIpc) is 2.95. The highest BCUT2D eigenvalue weighted by molar-refractivity contribution is 7.80. The van der Waals surface area contributed by atoms with E-state index in [9.17, 15) is 4.39 Å². The zero-order chi connectivity index (χ0) is 15.2. The summed E-state index contributed by atoms with van der Waals surface area (Å²) < 4.78 is 12.8. The first-order valence-electron chi connectivity index (χ1n) is 6.56. The van der Waals surface area contributed by atoms with Crippen molar-refractivity contribution in [1.29, 1.82) is 0 Å². The molecule has 0 aliphatic rings. The van der Waals surface area contributed by atoms with Crippen molar-refractivity contribution in [2.24, 2.45) is 0 Å². The first-order chi connectivity index (χ1) is 10.1. The molecule has 0 aliphatic heterocycles. The number of thiocarbonyl (C=S) groups is 1. The van der Waals surface area contributed by atoms with Crippen LogP contribution in [0, 0.1) is 5.82 Å². The van der Waals surface area contributed by atoms with E-state index in [1.54, 1.807) is 23.5 Å². The summed E-state index contributed by atoms with van der Waals surface area (Å²) in [4.78, 5) is 3.44. The molecule has 2 rings (SSSR count). The maximum Gasteiger partial charge on any atom is 0.170 e. The summed E-state index contributed by atoms with van der Waals surface area (Å²) >= 11 is 7.00. The number of thiophene rings is 1. The van der Waals surface area contributed by atoms with Gasteiger partial charge in [0.15, 0.2) is 5.11 Å². The van der Waals surface area contributed by atoms with Crippen LogP contribution < -0.4 is 10.6 Å². The zero-order valence-corrected chi connectivity index (χ0v) is 13.6. The van der Waals surface area contributed by atoms with E-state index in [1.165, 1.54) is 17.0 Å². The number of anilines is 1. The summed E-state index contributed by atoms with van der Waals surface area (Å²) in [7, 11) is 4.09.